The van der Waals surface area contributed by atoms with Gasteiger partial charge >= 0.3 is 0 Å². The number of rotatable bonds is 4. The molecule has 1 amide bonds. The molecule has 2 aromatic rings. The molecule has 0 radical (unpaired) electrons. The summed E-state index contributed by atoms with van der Waals surface area (Å²) in [5, 5.41) is 3.84. The van der Waals surface area contributed by atoms with Crippen molar-refractivity contribution in [2.75, 3.05) is 46.4 Å². The van der Waals surface area contributed by atoms with E-state index in [0.717, 1.165) is 57.7 Å². The second kappa shape index (κ2) is 11.7. The molecule has 8 heteroatoms. The minimum absolute atomic E-state index is 0.233. The highest BCUT2D eigenvalue weighted by Gasteiger charge is 2.42. The zero-order chi connectivity index (χ0) is 24.8. The predicted molar refractivity (Wildman–Crippen MR) is 140 cm³/mol. The Morgan fingerprint density at radius 2 is 1.89 bits per heavy atom. The van der Waals surface area contributed by atoms with Gasteiger partial charge in [0.15, 0.2) is 0 Å². The molecule has 2 saturated heterocycles. The molecule has 2 fully saturated rings. The maximum atomic E-state index is 12.1. The van der Waals surface area contributed by atoms with Gasteiger partial charge in [-0.05, 0) is 64.0 Å². The lowest BCUT2D eigenvalue weighted by atomic mass is 9.69. The number of nitrogens with zero attached hydrogens (tertiary/aromatic N) is 2. The van der Waals surface area contributed by atoms with E-state index >= 15 is 0 Å². The molecule has 188 valence electrons. The molecule has 1 unspecified atom stereocenters. The number of hydrogen-bond acceptors (Lipinski definition) is 5. The molecule has 1 atom stereocenters. The van der Waals surface area contributed by atoms with Crippen LogP contribution in [0.4, 0.5) is 0 Å². The van der Waals surface area contributed by atoms with E-state index in [9.17, 15) is 9.59 Å². The van der Waals surface area contributed by atoms with Gasteiger partial charge in [-0.2, -0.15) is 0 Å². The number of carbonyl (C=O) groups excluding carboxylic acids is 2. The monoisotopic (exact) mass is 517 g/mol. The topological polar surface area (TPSA) is 61.9 Å². The number of piperidine rings is 1. The number of likely N-dealkylation sites (tertiary alicyclic amines) is 2. The highest BCUT2D eigenvalue weighted by molar-refractivity contribution is 6.42. The summed E-state index contributed by atoms with van der Waals surface area (Å²) in [5.74, 6) is 1.32. The third-order valence-electron chi connectivity index (χ3n) is 7.49. The Hall–Kier alpha value is -2.12. The van der Waals surface area contributed by atoms with Crippen molar-refractivity contribution in [3.8, 4) is 5.75 Å². The highest BCUT2D eigenvalue weighted by Crippen LogP contribution is 2.46. The third-order valence-corrected chi connectivity index (χ3v) is 8.23. The Morgan fingerprint density at radius 3 is 2.60 bits per heavy atom. The summed E-state index contributed by atoms with van der Waals surface area (Å²) in [6, 6.07) is 13.9. The van der Waals surface area contributed by atoms with Gasteiger partial charge in [0.2, 0.25) is 5.91 Å². The normalized spacial score (nSPS) is 21.0. The summed E-state index contributed by atoms with van der Waals surface area (Å²) in [4.78, 5) is 26.9. The van der Waals surface area contributed by atoms with Crippen molar-refractivity contribution < 1.29 is 14.3 Å². The molecule has 3 aliphatic rings. The Bertz CT molecular complexity index is 1040. The van der Waals surface area contributed by atoms with Crippen molar-refractivity contribution in [2.24, 2.45) is 0 Å². The van der Waals surface area contributed by atoms with Crippen LogP contribution in [-0.4, -0.2) is 74.4 Å². The number of likely N-dealkylation sites (N-methyl/N-ethyl adjacent to an activating group) is 1. The van der Waals surface area contributed by atoms with E-state index in [0.29, 0.717) is 33.6 Å². The number of halogens is 2. The van der Waals surface area contributed by atoms with E-state index in [-0.39, 0.29) is 5.91 Å². The number of ether oxygens (including phenoxy) is 1. The van der Waals surface area contributed by atoms with Gasteiger partial charge in [0.05, 0.1) is 23.2 Å². The third kappa shape index (κ3) is 6.00. The summed E-state index contributed by atoms with van der Waals surface area (Å²) >= 11 is 11.2. The second-order valence-corrected chi connectivity index (χ2v) is 10.3. The van der Waals surface area contributed by atoms with Crippen LogP contribution in [0.5, 0.6) is 5.75 Å². The second-order valence-electron chi connectivity index (χ2n) is 9.51. The number of benzene rings is 2. The van der Waals surface area contributed by atoms with Gasteiger partial charge in [-0.3, -0.25) is 14.5 Å². The lowest BCUT2D eigenvalue weighted by molar-refractivity contribution is -0.129. The average molecular weight is 518 g/mol. The predicted octanol–water partition coefficient (Wildman–Crippen LogP) is 4.43. The van der Waals surface area contributed by atoms with Gasteiger partial charge in [-0.1, -0.05) is 47.5 Å². The fourth-order valence-corrected chi connectivity index (χ4v) is 5.78. The smallest absolute Gasteiger partial charge is 0.236 e. The van der Waals surface area contributed by atoms with Gasteiger partial charge in [0.25, 0.3) is 0 Å². The molecule has 3 heterocycles. The number of aldehydes is 1. The molecule has 5 rings (SSSR count). The van der Waals surface area contributed by atoms with Crippen molar-refractivity contribution in [1.82, 2.24) is 15.1 Å². The van der Waals surface area contributed by atoms with Gasteiger partial charge in [0, 0.05) is 35.7 Å². The molecule has 0 saturated carbocycles. The first-order valence-electron chi connectivity index (χ1n) is 12.2. The Labute approximate surface area is 217 Å². The molecule has 6 nitrogen and oxygen atoms in total. The largest absolute Gasteiger partial charge is 0.493 e. The van der Waals surface area contributed by atoms with Gasteiger partial charge in [-0.25, -0.2) is 0 Å². The fourth-order valence-electron chi connectivity index (χ4n) is 5.47. The first-order valence-corrected chi connectivity index (χ1v) is 13.0. The SMILES string of the molecule is CNCC(=O)N1CCC(N2CCC3(CCOc4ccccc43)CC2)C1.O=Cc1ccc(Cl)c(Cl)c1. The highest BCUT2D eigenvalue weighted by atomic mass is 35.5. The van der Waals surface area contributed by atoms with Crippen LogP contribution in [0.2, 0.25) is 10.0 Å². The van der Waals surface area contributed by atoms with E-state index in [4.69, 9.17) is 27.9 Å². The van der Waals surface area contributed by atoms with E-state index in [2.05, 4.69) is 34.5 Å². The van der Waals surface area contributed by atoms with Crippen molar-refractivity contribution in [3.05, 3.63) is 63.6 Å². The molecule has 0 aliphatic carbocycles. The molecule has 2 aromatic carbocycles. The minimum atomic E-state index is 0.233. The lowest BCUT2D eigenvalue weighted by Crippen LogP contribution is -2.49. The molecular formula is C27H33Cl2N3O3. The fraction of sp³-hybridized carbons (Fsp3) is 0.481. The van der Waals surface area contributed by atoms with Crippen LogP contribution in [0.3, 0.4) is 0 Å². The maximum absolute atomic E-state index is 12.1. The zero-order valence-electron chi connectivity index (χ0n) is 20.1. The molecule has 0 aromatic heterocycles. The Morgan fingerprint density at radius 1 is 1.11 bits per heavy atom. The van der Waals surface area contributed by atoms with Crippen LogP contribution < -0.4 is 10.1 Å². The van der Waals surface area contributed by atoms with E-state index < -0.39 is 0 Å². The van der Waals surface area contributed by atoms with Gasteiger partial charge < -0.3 is 15.0 Å². The number of hydrogen-bond donors (Lipinski definition) is 1. The van der Waals surface area contributed by atoms with Gasteiger partial charge in [0.1, 0.15) is 12.0 Å². The van der Waals surface area contributed by atoms with Crippen molar-refractivity contribution in [3.63, 3.8) is 0 Å². The summed E-state index contributed by atoms with van der Waals surface area (Å²) in [6.45, 7) is 5.36. The Balaban J connectivity index is 0.000000243. The molecule has 35 heavy (non-hydrogen) atoms. The quantitative estimate of drug-likeness (QED) is 0.607. The first kappa shape index (κ1) is 26.0. The number of carbonyl (C=O) groups is 2. The van der Waals surface area contributed by atoms with E-state index in [1.807, 2.05) is 11.9 Å². The van der Waals surface area contributed by atoms with Crippen LogP contribution in [0.15, 0.2) is 42.5 Å². The van der Waals surface area contributed by atoms with Crippen LogP contribution in [0.25, 0.3) is 0 Å². The number of para-hydroxylation sites is 1. The minimum Gasteiger partial charge on any atom is -0.493 e. The van der Waals surface area contributed by atoms with Crippen LogP contribution in [0, 0.1) is 0 Å². The first-order chi connectivity index (χ1) is 17.0. The van der Waals surface area contributed by atoms with Crippen LogP contribution in [-0.2, 0) is 10.2 Å². The number of fused-ring (bicyclic) bond motifs is 2. The average Bonchev–Trinajstić information content (AvgIpc) is 3.38. The molecule has 0 bridgehead atoms. The van der Waals surface area contributed by atoms with Crippen molar-refractivity contribution in [1.29, 1.82) is 0 Å². The summed E-state index contributed by atoms with van der Waals surface area (Å²) in [6.07, 6.45) is 5.38. The molecular weight excluding hydrogens is 485 g/mol. The molecule has 1 spiro atoms. The van der Waals surface area contributed by atoms with Gasteiger partial charge in [-0.15, -0.1) is 0 Å². The summed E-state index contributed by atoms with van der Waals surface area (Å²) in [7, 11) is 1.83. The summed E-state index contributed by atoms with van der Waals surface area (Å²) < 4.78 is 5.88. The van der Waals surface area contributed by atoms with Crippen LogP contribution in [0.1, 0.15) is 41.6 Å². The van der Waals surface area contributed by atoms with E-state index in [1.165, 1.54) is 24.5 Å². The van der Waals surface area contributed by atoms with Crippen molar-refractivity contribution in [2.45, 2.75) is 37.1 Å². The Kier molecular flexibility index (Phi) is 8.71. The lowest BCUT2D eigenvalue weighted by Gasteiger charge is -2.46. The number of nitrogens with one attached hydrogen (secondary N) is 1. The van der Waals surface area contributed by atoms with E-state index in [1.54, 1.807) is 12.1 Å². The zero-order valence-corrected chi connectivity index (χ0v) is 21.7. The number of amides is 1. The molecule has 3 aliphatic heterocycles. The standard InChI is InChI=1S/C20H29N3O2.C7H4Cl2O/c1-21-14-19(24)23-10-6-16(15-23)22-11-7-20(8-12-22)9-13-25-18-5-3-2-4-17(18)20;8-6-2-1-5(4-10)3-7(6)9/h2-5,16,21H,6-15H2,1H3;1-4H. The molecule has 1 N–H and O–H groups in total. The summed E-state index contributed by atoms with van der Waals surface area (Å²) in [5.41, 5.74) is 2.25. The van der Waals surface area contributed by atoms with Crippen molar-refractivity contribution >= 4 is 35.4 Å². The maximum Gasteiger partial charge on any atom is 0.236 e. The van der Waals surface area contributed by atoms with Crippen LogP contribution >= 0.6 is 23.2 Å².